The summed E-state index contributed by atoms with van der Waals surface area (Å²) in [6.45, 7) is 2.42. The summed E-state index contributed by atoms with van der Waals surface area (Å²) in [6.07, 6.45) is 1.84. The molecule has 1 unspecified atom stereocenters. The maximum Gasteiger partial charge on any atom is 0.338 e. The molecule has 1 aromatic heterocycles. The van der Waals surface area contributed by atoms with E-state index in [0.717, 1.165) is 28.0 Å². The van der Waals surface area contributed by atoms with Gasteiger partial charge in [0.15, 0.2) is 4.80 Å². The standard InChI is InChI=1S/C36H30N2O5S/c1-3-42-35(40)31-32(26-12-8-5-9-13-26)37-36-38(33(31)27-16-20-28(41-2)21-17-27)34(39)30(44-36)22-24-14-18-29(19-15-24)43-23-25-10-6-4-7-11-25/h4-22,33H,3,23H2,1-2H3/b30-22-. The summed E-state index contributed by atoms with van der Waals surface area (Å²) in [4.78, 5) is 33.1. The van der Waals surface area contributed by atoms with Crippen LogP contribution in [0.25, 0.3) is 11.8 Å². The molecule has 5 aromatic rings. The first-order valence-electron chi connectivity index (χ1n) is 14.2. The van der Waals surface area contributed by atoms with Gasteiger partial charge in [0.05, 0.1) is 35.6 Å². The van der Waals surface area contributed by atoms with Gasteiger partial charge in [-0.2, -0.15) is 0 Å². The van der Waals surface area contributed by atoms with Crippen molar-refractivity contribution >= 4 is 29.1 Å². The molecule has 0 aliphatic carbocycles. The van der Waals surface area contributed by atoms with E-state index in [1.165, 1.54) is 11.3 Å². The fraction of sp³-hybridized carbons (Fsp3) is 0.139. The zero-order valence-electron chi connectivity index (χ0n) is 24.3. The third-order valence-corrected chi connectivity index (χ3v) is 8.21. The second kappa shape index (κ2) is 13.0. The normalized spacial score (nSPS) is 14.5. The van der Waals surface area contributed by atoms with E-state index in [1.54, 1.807) is 18.6 Å². The van der Waals surface area contributed by atoms with Gasteiger partial charge in [0.1, 0.15) is 18.1 Å². The molecule has 0 bridgehead atoms. The number of carbonyl (C=O) groups is 1. The topological polar surface area (TPSA) is 79.1 Å². The third-order valence-electron chi connectivity index (χ3n) is 7.23. The number of thiazole rings is 1. The van der Waals surface area contributed by atoms with Crippen molar-refractivity contribution < 1.29 is 19.0 Å². The Morgan fingerprint density at radius 1 is 0.886 bits per heavy atom. The van der Waals surface area contributed by atoms with Crippen LogP contribution in [0.4, 0.5) is 0 Å². The molecular formula is C36H30N2O5S. The van der Waals surface area contributed by atoms with Gasteiger partial charge in [-0.05, 0) is 54.0 Å². The molecule has 1 aliphatic heterocycles. The quantitative estimate of drug-likeness (QED) is 0.208. The molecule has 0 saturated carbocycles. The molecule has 2 heterocycles. The summed E-state index contributed by atoms with van der Waals surface area (Å²) in [5.41, 5.74) is 3.98. The molecule has 0 amide bonds. The summed E-state index contributed by atoms with van der Waals surface area (Å²) in [5, 5.41) is 0. The van der Waals surface area contributed by atoms with E-state index in [0.29, 0.717) is 33.0 Å². The van der Waals surface area contributed by atoms with Crippen LogP contribution in [-0.2, 0) is 16.1 Å². The largest absolute Gasteiger partial charge is 0.497 e. The number of aromatic nitrogens is 1. The van der Waals surface area contributed by atoms with Gasteiger partial charge >= 0.3 is 5.97 Å². The van der Waals surface area contributed by atoms with Crippen molar-refractivity contribution in [1.29, 1.82) is 0 Å². The molecule has 1 atom stereocenters. The predicted molar refractivity (Wildman–Crippen MR) is 171 cm³/mol. The van der Waals surface area contributed by atoms with Crippen LogP contribution in [0.3, 0.4) is 0 Å². The number of nitrogens with zero attached hydrogens (tertiary/aromatic N) is 2. The number of methoxy groups -OCH3 is 1. The highest BCUT2D eigenvalue weighted by Gasteiger charge is 2.35. The minimum atomic E-state index is -0.748. The molecule has 0 fully saturated rings. The maximum atomic E-state index is 14.1. The van der Waals surface area contributed by atoms with Crippen LogP contribution >= 0.6 is 11.3 Å². The zero-order valence-corrected chi connectivity index (χ0v) is 25.1. The Morgan fingerprint density at radius 2 is 1.55 bits per heavy atom. The van der Waals surface area contributed by atoms with E-state index < -0.39 is 12.0 Å². The summed E-state index contributed by atoms with van der Waals surface area (Å²) in [7, 11) is 1.59. The van der Waals surface area contributed by atoms with Crippen molar-refractivity contribution in [2.24, 2.45) is 4.99 Å². The van der Waals surface area contributed by atoms with E-state index in [9.17, 15) is 9.59 Å². The van der Waals surface area contributed by atoms with Crippen molar-refractivity contribution in [3.8, 4) is 11.5 Å². The number of hydrogen-bond donors (Lipinski definition) is 0. The van der Waals surface area contributed by atoms with Gasteiger partial charge < -0.3 is 14.2 Å². The molecule has 220 valence electrons. The Kier molecular flexibility index (Phi) is 8.52. The Balaban J connectivity index is 1.45. The van der Waals surface area contributed by atoms with E-state index in [2.05, 4.69) is 0 Å². The first-order valence-corrected chi connectivity index (χ1v) is 15.1. The Morgan fingerprint density at radius 3 is 2.20 bits per heavy atom. The minimum Gasteiger partial charge on any atom is -0.497 e. The van der Waals surface area contributed by atoms with E-state index in [4.69, 9.17) is 19.2 Å². The molecule has 0 saturated heterocycles. The van der Waals surface area contributed by atoms with Crippen molar-refractivity contribution in [3.63, 3.8) is 0 Å². The lowest BCUT2D eigenvalue weighted by Crippen LogP contribution is -2.40. The van der Waals surface area contributed by atoms with Gasteiger partial charge in [-0.25, -0.2) is 9.79 Å². The molecule has 1 aliphatic rings. The highest BCUT2D eigenvalue weighted by atomic mass is 32.1. The van der Waals surface area contributed by atoms with Crippen molar-refractivity contribution in [1.82, 2.24) is 4.57 Å². The predicted octanol–water partition coefficient (Wildman–Crippen LogP) is 5.52. The van der Waals surface area contributed by atoms with Crippen LogP contribution in [0.2, 0.25) is 0 Å². The number of carbonyl (C=O) groups excluding carboxylic acids is 1. The number of fused-ring (bicyclic) bond motifs is 1. The van der Waals surface area contributed by atoms with E-state index in [1.807, 2.05) is 115 Å². The first kappa shape index (κ1) is 28.9. The molecular weight excluding hydrogens is 572 g/mol. The van der Waals surface area contributed by atoms with Crippen molar-refractivity contribution in [3.05, 3.63) is 157 Å². The number of hydrogen-bond acceptors (Lipinski definition) is 7. The van der Waals surface area contributed by atoms with Crippen molar-refractivity contribution in [2.75, 3.05) is 13.7 Å². The second-order valence-electron chi connectivity index (χ2n) is 10.0. The molecule has 0 radical (unpaired) electrons. The van der Waals surface area contributed by atoms with Crippen LogP contribution in [0, 0.1) is 0 Å². The zero-order chi connectivity index (χ0) is 30.5. The van der Waals surface area contributed by atoms with Gasteiger partial charge in [-0.3, -0.25) is 9.36 Å². The summed E-state index contributed by atoms with van der Waals surface area (Å²) in [5.74, 6) is 0.886. The smallest absolute Gasteiger partial charge is 0.338 e. The summed E-state index contributed by atoms with van der Waals surface area (Å²) >= 11 is 1.29. The average molecular weight is 603 g/mol. The van der Waals surface area contributed by atoms with E-state index >= 15 is 0 Å². The van der Waals surface area contributed by atoms with E-state index in [-0.39, 0.29) is 12.2 Å². The lowest BCUT2D eigenvalue weighted by molar-refractivity contribution is -0.138. The fourth-order valence-corrected chi connectivity index (χ4v) is 6.10. The van der Waals surface area contributed by atoms with Gasteiger partial charge in [-0.15, -0.1) is 0 Å². The lowest BCUT2D eigenvalue weighted by atomic mass is 9.93. The van der Waals surface area contributed by atoms with Gasteiger partial charge in [0.25, 0.3) is 5.56 Å². The minimum absolute atomic E-state index is 0.190. The van der Waals surface area contributed by atoms with Crippen LogP contribution in [-0.4, -0.2) is 24.3 Å². The average Bonchev–Trinajstić information content (AvgIpc) is 3.38. The number of esters is 1. The maximum absolute atomic E-state index is 14.1. The molecule has 7 nitrogen and oxygen atoms in total. The summed E-state index contributed by atoms with van der Waals surface area (Å²) < 4.78 is 18.9. The van der Waals surface area contributed by atoms with Crippen LogP contribution in [0.1, 0.15) is 35.2 Å². The molecule has 44 heavy (non-hydrogen) atoms. The van der Waals surface area contributed by atoms with Crippen molar-refractivity contribution in [2.45, 2.75) is 19.6 Å². The monoisotopic (exact) mass is 602 g/mol. The third kappa shape index (κ3) is 5.98. The van der Waals surface area contributed by atoms with Gasteiger partial charge in [-0.1, -0.05) is 96.3 Å². The fourth-order valence-electron chi connectivity index (χ4n) is 5.09. The van der Waals surface area contributed by atoms with Crippen LogP contribution < -0.4 is 24.4 Å². The Hall–Kier alpha value is -5.21. The highest BCUT2D eigenvalue weighted by molar-refractivity contribution is 7.07. The molecule has 6 rings (SSSR count). The lowest BCUT2D eigenvalue weighted by Gasteiger charge is -2.26. The van der Waals surface area contributed by atoms with Crippen LogP contribution in [0.15, 0.2) is 125 Å². The first-order chi connectivity index (χ1) is 21.6. The van der Waals surface area contributed by atoms with Crippen LogP contribution in [0.5, 0.6) is 11.5 Å². The summed E-state index contributed by atoms with van der Waals surface area (Å²) in [6, 6.07) is 33.7. The SMILES string of the molecule is CCOC(=O)C1=C(c2ccccc2)N=c2s/c(=C\c3ccc(OCc4ccccc4)cc3)c(=O)n2C1c1ccc(OC)cc1. The Labute approximate surface area is 258 Å². The molecule has 8 heteroatoms. The molecule has 0 spiro atoms. The molecule has 0 N–H and O–H groups in total. The Bertz CT molecular complexity index is 1980. The van der Waals surface area contributed by atoms with Gasteiger partial charge in [0.2, 0.25) is 0 Å². The number of benzene rings is 4. The number of ether oxygens (including phenoxy) is 3. The number of rotatable bonds is 9. The highest BCUT2D eigenvalue weighted by Crippen LogP contribution is 2.35. The second-order valence-corrected chi connectivity index (χ2v) is 11.1. The molecule has 4 aromatic carbocycles. The van der Waals surface area contributed by atoms with Gasteiger partial charge in [0, 0.05) is 5.56 Å².